The van der Waals surface area contributed by atoms with Crippen LogP contribution >= 0.6 is 0 Å². The number of aromatic hydroxyl groups is 2. The van der Waals surface area contributed by atoms with Crippen LogP contribution in [0, 0.1) is 20.8 Å². The summed E-state index contributed by atoms with van der Waals surface area (Å²) in [6.07, 6.45) is 0. The topological polar surface area (TPSA) is 40.5 Å². The van der Waals surface area contributed by atoms with Gasteiger partial charge in [0.05, 0.1) is 0 Å². The van der Waals surface area contributed by atoms with Crippen molar-refractivity contribution in [2.45, 2.75) is 20.8 Å². The van der Waals surface area contributed by atoms with E-state index in [1.165, 1.54) is 6.07 Å². The lowest BCUT2D eigenvalue weighted by molar-refractivity contribution is 0.448. The maximum Gasteiger partial charge on any atom is 0.127 e. The normalized spacial score (nSPS) is 10.5. The van der Waals surface area contributed by atoms with Gasteiger partial charge in [0.15, 0.2) is 0 Å². The SMILES string of the molecule is Cc1ccccc1-c1c(O)cc(O)c(C)c1C. The van der Waals surface area contributed by atoms with Gasteiger partial charge >= 0.3 is 0 Å². The fraction of sp³-hybridized carbons (Fsp3) is 0.200. The summed E-state index contributed by atoms with van der Waals surface area (Å²) in [5.74, 6) is 0.261. The minimum Gasteiger partial charge on any atom is -0.508 e. The lowest BCUT2D eigenvalue weighted by Gasteiger charge is -2.14. The first-order valence-electron chi connectivity index (χ1n) is 5.60. The van der Waals surface area contributed by atoms with Gasteiger partial charge in [-0.2, -0.15) is 0 Å². The van der Waals surface area contributed by atoms with Crippen LogP contribution in [0.3, 0.4) is 0 Å². The summed E-state index contributed by atoms with van der Waals surface area (Å²) in [5, 5.41) is 19.7. The predicted molar refractivity (Wildman–Crippen MR) is 69.4 cm³/mol. The van der Waals surface area contributed by atoms with E-state index in [0.717, 1.165) is 27.8 Å². The molecule has 0 aliphatic carbocycles. The Hall–Kier alpha value is -1.96. The molecule has 88 valence electrons. The number of phenols is 2. The summed E-state index contributed by atoms with van der Waals surface area (Å²) in [6.45, 7) is 5.78. The maximum atomic E-state index is 10.0. The van der Waals surface area contributed by atoms with Gasteiger partial charge in [-0.05, 0) is 43.0 Å². The second kappa shape index (κ2) is 4.13. The van der Waals surface area contributed by atoms with Crippen LogP contribution < -0.4 is 0 Å². The molecule has 0 saturated heterocycles. The Kier molecular flexibility index (Phi) is 2.80. The summed E-state index contributed by atoms with van der Waals surface area (Å²) in [4.78, 5) is 0. The summed E-state index contributed by atoms with van der Waals surface area (Å²) in [7, 11) is 0. The fourth-order valence-corrected chi connectivity index (χ4v) is 2.08. The first kappa shape index (κ1) is 11.5. The molecule has 2 aromatic carbocycles. The highest BCUT2D eigenvalue weighted by molar-refractivity contribution is 5.78. The molecule has 0 atom stereocenters. The van der Waals surface area contributed by atoms with Crippen molar-refractivity contribution in [2.75, 3.05) is 0 Å². The Balaban J connectivity index is 2.77. The van der Waals surface area contributed by atoms with Crippen LogP contribution in [0.5, 0.6) is 11.5 Å². The zero-order chi connectivity index (χ0) is 12.6. The Labute approximate surface area is 101 Å². The zero-order valence-electron chi connectivity index (χ0n) is 10.3. The Morgan fingerprint density at radius 3 is 2.12 bits per heavy atom. The van der Waals surface area contributed by atoms with Crippen LogP contribution in [0.4, 0.5) is 0 Å². The average molecular weight is 228 g/mol. The molecule has 0 aliphatic heterocycles. The molecule has 0 aliphatic rings. The first-order valence-corrected chi connectivity index (χ1v) is 5.60. The quantitative estimate of drug-likeness (QED) is 0.781. The molecule has 2 rings (SSSR count). The van der Waals surface area contributed by atoms with Crippen molar-refractivity contribution >= 4 is 0 Å². The second-order valence-corrected chi connectivity index (χ2v) is 4.35. The smallest absolute Gasteiger partial charge is 0.127 e. The van der Waals surface area contributed by atoms with E-state index in [1.807, 2.05) is 45.0 Å². The monoisotopic (exact) mass is 228 g/mol. The molecule has 0 radical (unpaired) electrons. The van der Waals surface area contributed by atoms with Gasteiger partial charge in [-0.15, -0.1) is 0 Å². The van der Waals surface area contributed by atoms with Gasteiger partial charge in [-0.1, -0.05) is 24.3 Å². The van der Waals surface area contributed by atoms with E-state index >= 15 is 0 Å². The van der Waals surface area contributed by atoms with Crippen molar-refractivity contribution in [3.8, 4) is 22.6 Å². The van der Waals surface area contributed by atoms with Crippen LogP contribution in [-0.4, -0.2) is 10.2 Å². The van der Waals surface area contributed by atoms with Crippen LogP contribution in [0.25, 0.3) is 11.1 Å². The molecular formula is C15H16O2. The highest BCUT2D eigenvalue weighted by Gasteiger charge is 2.14. The van der Waals surface area contributed by atoms with E-state index in [2.05, 4.69) is 0 Å². The second-order valence-electron chi connectivity index (χ2n) is 4.35. The Bertz CT molecular complexity index is 571. The third kappa shape index (κ3) is 1.86. The number of benzene rings is 2. The van der Waals surface area contributed by atoms with Gasteiger partial charge in [-0.25, -0.2) is 0 Å². The highest BCUT2D eigenvalue weighted by Crippen LogP contribution is 2.39. The predicted octanol–water partition coefficient (Wildman–Crippen LogP) is 3.69. The molecule has 0 fully saturated rings. The highest BCUT2D eigenvalue weighted by atomic mass is 16.3. The van der Waals surface area contributed by atoms with Crippen molar-refractivity contribution in [1.29, 1.82) is 0 Å². The Morgan fingerprint density at radius 1 is 0.824 bits per heavy atom. The van der Waals surface area contributed by atoms with E-state index < -0.39 is 0 Å². The van der Waals surface area contributed by atoms with Gasteiger partial charge in [0, 0.05) is 11.6 Å². The van der Waals surface area contributed by atoms with E-state index in [-0.39, 0.29) is 11.5 Å². The maximum absolute atomic E-state index is 10.0. The average Bonchev–Trinajstić information content (AvgIpc) is 2.29. The third-order valence-electron chi connectivity index (χ3n) is 3.27. The van der Waals surface area contributed by atoms with Crippen molar-refractivity contribution in [1.82, 2.24) is 0 Å². The number of rotatable bonds is 1. The fourth-order valence-electron chi connectivity index (χ4n) is 2.08. The summed E-state index contributed by atoms with van der Waals surface area (Å²) in [5.41, 5.74) is 4.64. The molecule has 0 bridgehead atoms. The molecule has 0 aromatic heterocycles. The van der Waals surface area contributed by atoms with Gasteiger partial charge in [0.1, 0.15) is 11.5 Å². The lowest BCUT2D eigenvalue weighted by Crippen LogP contribution is -1.91. The molecule has 0 unspecified atom stereocenters. The van der Waals surface area contributed by atoms with Gasteiger partial charge in [0.2, 0.25) is 0 Å². The van der Waals surface area contributed by atoms with E-state index in [4.69, 9.17) is 0 Å². The zero-order valence-corrected chi connectivity index (χ0v) is 10.3. The molecule has 2 nitrogen and oxygen atoms in total. The summed E-state index contributed by atoms with van der Waals surface area (Å²) >= 11 is 0. The largest absolute Gasteiger partial charge is 0.508 e. The first-order chi connectivity index (χ1) is 8.02. The Morgan fingerprint density at radius 2 is 1.47 bits per heavy atom. The van der Waals surface area contributed by atoms with Crippen molar-refractivity contribution < 1.29 is 10.2 Å². The number of hydrogen-bond donors (Lipinski definition) is 2. The molecule has 0 heterocycles. The van der Waals surface area contributed by atoms with E-state index in [0.29, 0.717) is 0 Å². The molecule has 2 N–H and O–H groups in total. The van der Waals surface area contributed by atoms with Crippen molar-refractivity contribution in [2.24, 2.45) is 0 Å². The van der Waals surface area contributed by atoms with E-state index in [1.54, 1.807) is 0 Å². The minimum atomic E-state index is 0.125. The molecule has 0 spiro atoms. The molecule has 2 aromatic rings. The van der Waals surface area contributed by atoms with Gasteiger partial charge in [0.25, 0.3) is 0 Å². The van der Waals surface area contributed by atoms with E-state index in [9.17, 15) is 10.2 Å². The molecule has 2 heteroatoms. The standard InChI is InChI=1S/C15H16O2/c1-9-6-4-5-7-12(9)15-11(3)10(2)13(16)8-14(15)17/h4-8,16-17H,1-3H3. The molecule has 0 saturated carbocycles. The molecule has 17 heavy (non-hydrogen) atoms. The van der Waals surface area contributed by atoms with Crippen LogP contribution in [0.15, 0.2) is 30.3 Å². The van der Waals surface area contributed by atoms with Crippen LogP contribution in [-0.2, 0) is 0 Å². The number of aryl methyl sites for hydroxylation is 1. The van der Waals surface area contributed by atoms with Crippen LogP contribution in [0.1, 0.15) is 16.7 Å². The summed E-state index contributed by atoms with van der Waals surface area (Å²) < 4.78 is 0. The van der Waals surface area contributed by atoms with Crippen LogP contribution in [0.2, 0.25) is 0 Å². The number of phenolic OH excluding ortho intramolecular Hbond substituents is 2. The third-order valence-corrected chi connectivity index (χ3v) is 3.27. The van der Waals surface area contributed by atoms with Crippen molar-refractivity contribution in [3.05, 3.63) is 47.0 Å². The summed E-state index contributed by atoms with van der Waals surface area (Å²) in [6, 6.07) is 9.32. The molecule has 0 amide bonds. The minimum absolute atomic E-state index is 0.125. The molecular weight excluding hydrogens is 212 g/mol. The lowest BCUT2D eigenvalue weighted by atomic mass is 9.93. The van der Waals surface area contributed by atoms with Crippen molar-refractivity contribution in [3.63, 3.8) is 0 Å². The van der Waals surface area contributed by atoms with Gasteiger partial charge < -0.3 is 10.2 Å². The number of hydrogen-bond acceptors (Lipinski definition) is 2. The van der Waals surface area contributed by atoms with Gasteiger partial charge in [-0.3, -0.25) is 0 Å².